The number of amides is 1. The molecule has 0 radical (unpaired) electrons. The number of aromatic amines is 1. The normalized spacial score (nSPS) is 15.5. The van der Waals surface area contributed by atoms with E-state index in [2.05, 4.69) is 20.4 Å². The maximum Gasteiger partial charge on any atom is 0.254 e. The Balaban J connectivity index is 1.78. The van der Waals surface area contributed by atoms with Crippen molar-refractivity contribution in [3.63, 3.8) is 0 Å². The fourth-order valence-corrected chi connectivity index (χ4v) is 2.97. The van der Waals surface area contributed by atoms with Gasteiger partial charge in [0.2, 0.25) is 0 Å². The second kappa shape index (κ2) is 5.75. The number of aromatic nitrogens is 4. The summed E-state index contributed by atoms with van der Waals surface area (Å²) in [6, 6.07) is -0.113. The Bertz CT molecular complexity index is 702. The fraction of sp³-hybridized carbons (Fsp3) is 0.467. The summed E-state index contributed by atoms with van der Waals surface area (Å²) in [7, 11) is 0. The van der Waals surface area contributed by atoms with E-state index in [1.54, 1.807) is 11.0 Å². The van der Waals surface area contributed by atoms with Crippen LogP contribution in [-0.2, 0) is 13.0 Å². The van der Waals surface area contributed by atoms with E-state index >= 15 is 0 Å². The number of ketones is 1. The molecule has 2 aromatic heterocycles. The minimum Gasteiger partial charge on any atom is -0.361 e. The number of aryl methyl sites for hydroxylation is 2. The van der Waals surface area contributed by atoms with Gasteiger partial charge in [0, 0.05) is 23.9 Å². The standard InChI is InChI=1S/C15H19N5O2/c1-9(6-20-8-16-7-17-20)18-15(22)13-10(2)19-11-4-3-5-12(21)14(11)13/h7-9,19H,3-6H2,1-2H3,(H,18,22)/t9-/m0/s1. The Morgan fingerprint density at radius 1 is 1.50 bits per heavy atom. The van der Waals surface area contributed by atoms with Crippen molar-refractivity contribution in [3.8, 4) is 0 Å². The molecule has 1 atom stereocenters. The number of hydrogen-bond acceptors (Lipinski definition) is 4. The second-order valence-electron chi connectivity index (χ2n) is 5.75. The quantitative estimate of drug-likeness (QED) is 0.889. The number of fused-ring (bicyclic) bond motifs is 1. The number of H-pyrrole nitrogens is 1. The number of hydrogen-bond donors (Lipinski definition) is 2. The number of rotatable bonds is 4. The SMILES string of the molecule is Cc1[nH]c2c(c1C(=O)N[C@@H](C)Cn1cncn1)C(=O)CCC2. The molecule has 7 heteroatoms. The molecule has 1 aliphatic rings. The van der Waals surface area contributed by atoms with E-state index in [-0.39, 0.29) is 17.7 Å². The minimum absolute atomic E-state index is 0.0553. The minimum atomic E-state index is -0.210. The maximum absolute atomic E-state index is 12.6. The predicted octanol–water partition coefficient (Wildman–Crippen LogP) is 1.25. The lowest BCUT2D eigenvalue weighted by atomic mass is 9.93. The highest BCUT2D eigenvalue weighted by Gasteiger charge is 2.28. The molecule has 1 aliphatic carbocycles. The van der Waals surface area contributed by atoms with Crippen molar-refractivity contribution in [2.75, 3.05) is 0 Å². The van der Waals surface area contributed by atoms with E-state index in [1.807, 2.05) is 13.8 Å². The van der Waals surface area contributed by atoms with Crippen molar-refractivity contribution in [1.29, 1.82) is 0 Å². The lowest BCUT2D eigenvalue weighted by molar-refractivity contribution is 0.0915. The van der Waals surface area contributed by atoms with Crippen LogP contribution in [-0.4, -0.2) is 37.5 Å². The third-order valence-corrected chi connectivity index (χ3v) is 3.91. The first-order valence-electron chi connectivity index (χ1n) is 7.44. The molecule has 1 amide bonds. The molecule has 22 heavy (non-hydrogen) atoms. The number of nitrogens with one attached hydrogen (secondary N) is 2. The van der Waals surface area contributed by atoms with Gasteiger partial charge >= 0.3 is 0 Å². The zero-order valence-corrected chi connectivity index (χ0v) is 12.7. The first-order chi connectivity index (χ1) is 10.6. The topological polar surface area (TPSA) is 92.7 Å². The molecule has 0 saturated heterocycles. The summed E-state index contributed by atoms with van der Waals surface area (Å²) in [4.78, 5) is 31.8. The van der Waals surface area contributed by atoms with Gasteiger partial charge in [-0.2, -0.15) is 5.10 Å². The largest absolute Gasteiger partial charge is 0.361 e. The molecule has 2 heterocycles. The van der Waals surface area contributed by atoms with Crippen LogP contribution in [0.3, 0.4) is 0 Å². The Hall–Kier alpha value is -2.44. The number of Topliss-reactive ketones (excluding diaryl/α,β-unsaturated/α-hetero) is 1. The first kappa shape index (κ1) is 14.5. The Labute approximate surface area is 128 Å². The summed E-state index contributed by atoms with van der Waals surface area (Å²) >= 11 is 0. The zero-order valence-electron chi connectivity index (χ0n) is 12.7. The maximum atomic E-state index is 12.6. The third-order valence-electron chi connectivity index (χ3n) is 3.91. The molecule has 2 aromatic rings. The van der Waals surface area contributed by atoms with E-state index in [1.165, 1.54) is 6.33 Å². The molecule has 3 rings (SSSR count). The molecule has 0 aromatic carbocycles. The van der Waals surface area contributed by atoms with Crippen LogP contribution in [0.25, 0.3) is 0 Å². The Morgan fingerprint density at radius 3 is 3.05 bits per heavy atom. The van der Waals surface area contributed by atoms with Gasteiger partial charge < -0.3 is 10.3 Å². The van der Waals surface area contributed by atoms with E-state index in [4.69, 9.17) is 0 Å². The van der Waals surface area contributed by atoms with E-state index < -0.39 is 0 Å². The van der Waals surface area contributed by atoms with Gasteiger partial charge in [-0.1, -0.05) is 0 Å². The molecule has 2 N–H and O–H groups in total. The summed E-state index contributed by atoms with van der Waals surface area (Å²) in [5.74, 6) is -0.155. The van der Waals surface area contributed by atoms with Gasteiger partial charge in [-0.3, -0.25) is 14.3 Å². The van der Waals surface area contributed by atoms with Crippen LogP contribution in [0.15, 0.2) is 12.7 Å². The van der Waals surface area contributed by atoms with Crippen LogP contribution < -0.4 is 5.32 Å². The van der Waals surface area contributed by atoms with Crippen LogP contribution in [0.2, 0.25) is 0 Å². The fourth-order valence-electron chi connectivity index (χ4n) is 2.97. The zero-order chi connectivity index (χ0) is 15.7. The average Bonchev–Trinajstić information content (AvgIpc) is 3.05. The molecule has 0 unspecified atom stereocenters. The first-order valence-corrected chi connectivity index (χ1v) is 7.44. The van der Waals surface area contributed by atoms with Crippen molar-refractivity contribution >= 4 is 11.7 Å². The van der Waals surface area contributed by atoms with Crippen LogP contribution in [0.5, 0.6) is 0 Å². The van der Waals surface area contributed by atoms with Crippen molar-refractivity contribution in [1.82, 2.24) is 25.1 Å². The van der Waals surface area contributed by atoms with Crippen LogP contribution in [0, 0.1) is 6.92 Å². The number of carbonyl (C=O) groups excluding carboxylic acids is 2. The highest BCUT2D eigenvalue weighted by molar-refractivity contribution is 6.10. The van der Waals surface area contributed by atoms with Gasteiger partial charge in [0.15, 0.2) is 5.78 Å². The molecule has 7 nitrogen and oxygen atoms in total. The molecular weight excluding hydrogens is 282 g/mol. The van der Waals surface area contributed by atoms with Gasteiger partial charge in [-0.15, -0.1) is 0 Å². The third kappa shape index (κ3) is 2.66. The summed E-state index contributed by atoms with van der Waals surface area (Å²) in [5.41, 5.74) is 2.72. The molecule has 116 valence electrons. The van der Waals surface area contributed by atoms with Crippen LogP contribution >= 0.6 is 0 Å². The molecular formula is C15H19N5O2. The number of nitrogens with zero attached hydrogens (tertiary/aromatic N) is 3. The van der Waals surface area contributed by atoms with E-state index in [9.17, 15) is 9.59 Å². The molecule has 0 bridgehead atoms. The van der Waals surface area contributed by atoms with Crippen molar-refractivity contribution in [3.05, 3.63) is 35.2 Å². The second-order valence-corrected chi connectivity index (χ2v) is 5.75. The smallest absolute Gasteiger partial charge is 0.254 e. The average molecular weight is 301 g/mol. The molecule has 0 saturated carbocycles. The molecule has 0 spiro atoms. The monoisotopic (exact) mass is 301 g/mol. The van der Waals surface area contributed by atoms with E-state index in [0.29, 0.717) is 24.1 Å². The van der Waals surface area contributed by atoms with Gasteiger partial charge in [0.25, 0.3) is 5.91 Å². The van der Waals surface area contributed by atoms with Crippen molar-refractivity contribution in [2.45, 2.75) is 45.7 Å². The lowest BCUT2D eigenvalue weighted by Gasteiger charge is -2.15. The van der Waals surface area contributed by atoms with Crippen LogP contribution in [0.4, 0.5) is 0 Å². The van der Waals surface area contributed by atoms with Gasteiger partial charge in [0.1, 0.15) is 12.7 Å². The Kier molecular flexibility index (Phi) is 3.79. The summed E-state index contributed by atoms with van der Waals surface area (Å²) in [5, 5.41) is 6.95. The summed E-state index contributed by atoms with van der Waals surface area (Å²) in [6.07, 6.45) is 5.24. The van der Waals surface area contributed by atoms with Gasteiger partial charge in [-0.25, -0.2) is 4.98 Å². The predicted molar refractivity (Wildman–Crippen MR) is 79.7 cm³/mol. The van der Waals surface area contributed by atoms with Crippen molar-refractivity contribution < 1.29 is 9.59 Å². The van der Waals surface area contributed by atoms with E-state index in [0.717, 1.165) is 24.2 Å². The highest BCUT2D eigenvalue weighted by atomic mass is 16.2. The molecule has 0 aliphatic heterocycles. The van der Waals surface area contributed by atoms with Crippen molar-refractivity contribution in [2.24, 2.45) is 0 Å². The number of carbonyl (C=O) groups is 2. The van der Waals surface area contributed by atoms with Gasteiger partial charge in [0.05, 0.1) is 17.7 Å². The summed E-state index contributed by atoms with van der Waals surface area (Å²) in [6.45, 7) is 4.27. The lowest BCUT2D eigenvalue weighted by Crippen LogP contribution is -2.36. The Morgan fingerprint density at radius 2 is 2.32 bits per heavy atom. The highest BCUT2D eigenvalue weighted by Crippen LogP contribution is 2.26. The molecule has 0 fully saturated rings. The van der Waals surface area contributed by atoms with Gasteiger partial charge in [-0.05, 0) is 26.7 Å². The van der Waals surface area contributed by atoms with Crippen LogP contribution in [0.1, 0.15) is 51.9 Å². The summed E-state index contributed by atoms with van der Waals surface area (Å²) < 4.78 is 1.66.